The topological polar surface area (TPSA) is 72.6 Å². The molecule has 4 nitrogen and oxygen atoms in total. The van der Waals surface area contributed by atoms with Crippen LogP contribution in [0.3, 0.4) is 0 Å². The SMILES string of the molecule is CC1CCc2ccc(C(N)CCC(=O)O)cc2O1. The van der Waals surface area contributed by atoms with Gasteiger partial charge in [-0.05, 0) is 43.4 Å². The van der Waals surface area contributed by atoms with E-state index >= 15 is 0 Å². The molecule has 4 heteroatoms. The molecule has 0 saturated carbocycles. The Balaban J connectivity index is 2.10. The number of aliphatic carboxylic acids is 1. The Kier molecular flexibility index (Phi) is 3.87. The third-order valence-corrected chi connectivity index (χ3v) is 3.34. The number of carboxylic acids is 1. The predicted octanol–water partition coefficient (Wildman–Crippen LogP) is 2.26. The van der Waals surface area contributed by atoms with Gasteiger partial charge in [-0.25, -0.2) is 0 Å². The van der Waals surface area contributed by atoms with Crippen molar-refractivity contribution in [1.29, 1.82) is 0 Å². The van der Waals surface area contributed by atoms with E-state index in [0.717, 1.165) is 24.2 Å². The van der Waals surface area contributed by atoms with Crippen LogP contribution in [0.1, 0.15) is 43.4 Å². The van der Waals surface area contributed by atoms with E-state index in [1.54, 1.807) is 0 Å². The van der Waals surface area contributed by atoms with Gasteiger partial charge in [0.15, 0.2) is 0 Å². The monoisotopic (exact) mass is 249 g/mol. The molecule has 3 N–H and O–H groups in total. The van der Waals surface area contributed by atoms with Crippen LogP contribution in [-0.2, 0) is 11.2 Å². The minimum atomic E-state index is -0.812. The van der Waals surface area contributed by atoms with Gasteiger partial charge in [0.2, 0.25) is 0 Å². The summed E-state index contributed by atoms with van der Waals surface area (Å²) in [5.41, 5.74) is 8.15. The van der Waals surface area contributed by atoms with Crippen LogP contribution < -0.4 is 10.5 Å². The van der Waals surface area contributed by atoms with E-state index < -0.39 is 5.97 Å². The lowest BCUT2D eigenvalue weighted by Crippen LogP contribution is -2.20. The van der Waals surface area contributed by atoms with Crippen LogP contribution in [0, 0.1) is 0 Å². The van der Waals surface area contributed by atoms with Gasteiger partial charge in [-0.1, -0.05) is 12.1 Å². The Labute approximate surface area is 107 Å². The number of nitrogens with two attached hydrogens (primary N) is 1. The summed E-state index contributed by atoms with van der Waals surface area (Å²) in [6.07, 6.45) is 2.85. The van der Waals surface area contributed by atoms with Gasteiger partial charge in [0.25, 0.3) is 0 Å². The summed E-state index contributed by atoms with van der Waals surface area (Å²) >= 11 is 0. The zero-order valence-corrected chi connectivity index (χ0v) is 10.6. The maximum Gasteiger partial charge on any atom is 0.303 e. The molecule has 2 atom stereocenters. The lowest BCUT2D eigenvalue weighted by Gasteiger charge is -2.24. The quantitative estimate of drug-likeness (QED) is 0.858. The molecule has 1 aromatic rings. The molecule has 98 valence electrons. The van der Waals surface area contributed by atoms with E-state index in [-0.39, 0.29) is 18.6 Å². The number of aryl methyl sites for hydroxylation is 1. The fraction of sp³-hybridized carbons (Fsp3) is 0.500. The number of ether oxygens (including phenoxy) is 1. The van der Waals surface area contributed by atoms with E-state index in [9.17, 15) is 4.79 Å². The van der Waals surface area contributed by atoms with E-state index in [1.807, 2.05) is 18.2 Å². The Morgan fingerprint density at radius 3 is 3.11 bits per heavy atom. The average Bonchev–Trinajstić information content (AvgIpc) is 2.34. The molecule has 0 aromatic heterocycles. The lowest BCUT2D eigenvalue weighted by atomic mass is 9.97. The van der Waals surface area contributed by atoms with Crippen molar-refractivity contribution in [3.8, 4) is 5.75 Å². The number of fused-ring (bicyclic) bond motifs is 1. The normalized spacial score (nSPS) is 19.8. The first kappa shape index (κ1) is 12.9. The largest absolute Gasteiger partial charge is 0.490 e. The first-order valence-electron chi connectivity index (χ1n) is 6.33. The molecule has 0 amide bonds. The minimum Gasteiger partial charge on any atom is -0.490 e. The molecular weight excluding hydrogens is 230 g/mol. The number of carboxylic acid groups (broad SMARTS) is 1. The maximum absolute atomic E-state index is 10.5. The van der Waals surface area contributed by atoms with Crippen molar-refractivity contribution in [2.24, 2.45) is 5.73 Å². The average molecular weight is 249 g/mol. The van der Waals surface area contributed by atoms with Gasteiger partial charge < -0.3 is 15.6 Å². The van der Waals surface area contributed by atoms with E-state index in [1.165, 1.54) is 5.56 Å². The van der Waals surface area contributed by atoms with Gasteiger partial charge in [0.05, 0.1) is 6.10 Å². The summed E-state index contributed by atoms with van der Waals surface area (Å²) in [5, 5.41) is 8.66. The van der Waals surface area contributed by atoms with Crippen LogP contribution >= 0.6 is 0 Å². The molecule has 1 heterocycles. The molecule has 0 fully saturated rings. The molecule has 0 aliphatic carbocycles. The first-order valence-corrected chi connectivity index (χ1v) is 6.33. The van der Waals surface area contributed by atoms with Crippen molar-refractivity contribution < 1.29 is 14.6 Å². The van der Waals surface area contributed by atoms with Crippen LogP contribution in [0.5, 0.6) is 5.75 Å². The third-order valence-electron chi connectivity index (χ3n) is 3.34. The van der Waals surface area contributed by atoms with E-state index in [4.69, 9.17) is 15.6 Å². The molecular formula is C14H19NO3. The Morgan fingerprint density at radius 2 is 2.39 bits per heavy atom. The van der Waals surface area contributed by atoms with Gasteiger partial charge in [-0.2, -0.15) is 0 Å². The second-order valence-corrected chi connectivity index (χ2v) is 4.87. The Bertz CT molecular complexity index is 445. The van der Waals surface area contributed by atoms with Crippen molar-refractivity contribution in [3.63, 3.8) is 0 Å². The molecule has 1 aliphatic heterocycles. The fourth-order valence-corrected chi connectivity index (χ4v) is 2.20. The zero-order valence-electron chi connectivity index (χ0n) is 10.6. The smallest absolute Gasteiger partial charge is 0.303 e. The van der Waals surface area contributed by atoms with Gasteiger partial charge in [0.1, 0.15) is 5.75 Å². The minimum absolute atomic E-state index is 0.0928. The highest BCUT2D eigenvalue weighted by atomic mass is 16.5. The van der Waals surface area contributed by atoms with Gasteiger partial charge in [-0.3, -0.25) is 4.79 Å². The predicted molar refractivity (Wildman–Crippen MR) is 68.7 cm³/mol. The number of carbonyl (C=O) groups is 1. The molecule has 2 rings (SSSR count). The highest BCUT2D eigenvalue weighted by Gasteiger charge is 2.18. The first-order chi connectivity index (χ1) is 8.56. The fourth-order valence-electron chi connectivity index (χ4n) is 2.20. The number of benzene rings is 1. The highest BCUT2D eigenvalue weighted by molar-refractivity contribution is 5.66. The number of hydrogen-bond acceptors (Lipinski definition) is 3. The molecule has 0 saturated heterocycles. The number of rotatable bonds is 4. The maximum atomic E-state index is 10.5. The second-order valence-electron chi connectivity index (χ2n) is 4.87. The van der Waals surface area contributed by atoms with Gasteiger partial charge >= 0.3 is 5.97 Å². The summed E-state index contributed by atoms with van der Waals surface area (Å²) < 4.78 is 5.78. The van der Waals surface area contributed by atoms with Crippen molar-refractivity contribution in [3.05, 3.63) is 29.3 Å². The summed E-state index contributed by atoms with van der Waals surface area (Å²) in [7, 11) is 0. The molecule has 2 unspecified atom stereocenters. The van der Waals surface area contributed by atoms with E-state index in [2.05, 4.69) is 6.92 Å². The van der Waals surface area contributed by atoms with Crippen molar-refractivity contribution in [2.75, 3.05) is 0 Å². The molecule has 0 radical (unpaired) electrons. The highest BCUT2D eigenvalue weighted by Crippen LogP contribution is 2.30. The van der Waals surface area contributed by atoms with Gasteiger partial charge in [-0.15, -0.1) is 0 Å². The summed E-state index contributed by atoms with van der Waals surface area (Å²) in [6, 6.07) is 5.73. The molecule has 0 spiro atoms. The molecule has 0 bridgehead atoms. The third kappa shape index (κ3) is 3.01. The summed E-state index contributed by atoms with van der Waals surface area (Å²) in [4.78, 5) is 10.5. The van der Waals surface area contributed by atoms with Crippen molar-refractivity contribution in [2.45, 2.75) is 44.8 Å². The number of hydrogen-bond donors (Lipinski definition) is 2. The van der Waals surface area contributed by atoms with Crippen LogP contribution in [0.2, 0.25) is 0 Å². The molecule has 18 heavy (non-hydrogen) atoms. The van der Waals surface area contributed by atoms with Crippen LogP contribution in [0.25, 0.3) is 0 Å². The van der Waals surface area contributed by atoms with Crippen LogP contribution in [0.4, 0.5) is 0 Å². The lowest BCUT2D eigenvalue weighted by molar-refractivity contribution is -0.137. The van der Waals surface area contributed by atoms with Crippen molar-refractivity contribution >= 4 is 5.97 Å². The molecule has 1 aromatic carbocycles. The van der Waals surface area contributed by atoms with Gasteiger partial charge in [0, 0.05) is 12.5 Å². The van der Waals surface area contributed by atoms with E-state index in [0.29, 0.717) is 6.42 Å². The van der Waals surface area contributed by atoms with Crippen LogP contribution in [0.15, 0.2) is 18.2 Å². The standard InChI is InChI=1S/C14H19NO3/c1-9-2-3-10-4-5-11(8-13(10)18-9)12(15)6-7-14(16)17/h4-5,8-9,12H,2-3,6-7,15H2,1H3,(H,16,17). The Morgan fingerprint density at radius 1 is 1.61 bits per heavy atom. The summed E-state index contributed by atoms with van der Waals surface area (Å²) in [5.74, 6) is 0.0882. The Hall–Kier alpha value is -1.55. The second kappa shape index (κ2) is 5.40. The van der Waals surface area contributed by atoms with Crippen LogP contribution in [-0.4, -0.2) is 17.2 Å². The molecule has 1 aliphatic rings. The summed E-state index contributed by atoms with van der Waals surface area (Å²) in [6.45, 7) is 2.06. The zero-order chi connectivity index (χ0) is 13.1. The van der Waals surface area contributed by atoms with Crippen molar-refractivity contribution in [1.82, 2.24) is 0 Å².